The van der Waals surface area contributed by atoms with E-state index in [-0.39, 0.29) is 5.56 Å². The number of ether oxygens (including phenoxy) is 1. The third kappa shape index (κ3) is 1.48. The minimum Gasteiger partial charge on any atom is -0.490 e. The molecule has 0 bridgehead atoms. The number of rotatable bonds is 2. The predicted molar refractivity (Wildman–Crippen MR) is 58.5 cm³/mol. The van der Waals surface area contributed by atoms with Gasteiger partial charge in [0.15, 0.2) is 0 Å². The van der Waals surface area contributed by atoms with Crippen LogP contribution in [0.3, 0.4) is 0 Å². The summed E-state index contributed by atoms with van der Waals surface area (Å²) < 4.78 is 8.92. The number of aromatic nitrogens is 2. The zero-order chi connectivity index (χ0) is 11.0. The van der Waals surface area contributed by atoms with Crippen LogP contribution in [0, 0.1) is 6.92 Å². The molecule has 2 rings (SSSR count). The molecule has 1 aromatic heterocycles. The van der Waals surface area contributed by atoms with E-state index in [1.165, 1.54) is 12.8 Å². The molecule has 1 saturated carbocycles. The Balaban J connectivity index is 2.51. The molecule has 1 aliphatic rings. The van der Waals surface area contributed by atoms with E-state index >= 15 is 0 Å². The molecule has 1 fully saturated rings. The van der Waals surface area contributed by atoms with Crippen molar-refractivity contribution < 1.29 is 4.74 Å². The second-order valence-corrected chi connectivity index (χ2v) is 4.23. The van der Waals surface area contributed by atoms with E-state index in [0.717, 1.165) is 18.5 Å². The highest BCUT2D eigenvalue weighted by molar-refractivity contribution is 5.24. The Hall–Kier alpha value is -1.19. The minimum atomic E-state index is 0.0180. The van der Waals surface area contributed by atoms with Gasteiger partial charge in [-0.1, -0.05) is 12.8 Å². The summed E-state index contributed by atoms with van der Waals surface area (Å²) in [6.45, 7) is 1.92. The van der Waals surface area contributed by atoms with Gasteiger partial charge in [0.05, 0.1) is 18.8 Å². The number of nitrogens with zero attached hydrogens (tertiary/aromatic N) is 2. The van der Waals surface area contributed by atoms with E-state index < -0.39 is 0 Å². The first-order valence-electron chi connectivity index (χ1n) is 5.49. The van der Waals surface area contributed by atoms with E-state index in [1.54, 1.807) is 7.11 Å². The molecule has 84 valence electrons. The van der Waals surface area contributed by atoms with Crippen molar-refractivity contribution in [3.63, 3.8) is 0 Å². The van der Waals surface area contributed by atoms with E-state index in [9.17, 15) is 4.79 Å². The van der Waals surface area contributed by atoms with Gasteiger partial charge in [-0.05, 0) is 19.8 Å². The highest BCUT2D eigenvalue weighted by Gasteiger charge is 2.24. The monoisotopic (exact) mass is 210 g/mol. The van der Waals surface area contributed by atoms with Gasteiger partial charge < -0.3 is 4.74 Å². The molecule has 0 amide bonds. The standard InChI is InChI=1S/C11H18N2O2/c1-8-10(15-3)11(14)13(12(8)2)9-6-4-5-7-9/h9H,4-7H2,1-3H3. The van der Waals surface area contributed by atoms with Crippen LogP contribution >= 0.6 is 0 Å². The molecular formula is C11H18N2O2. The van der Waals surface area contributed by atoms with Crippen LogP contribution in [0.4, 0.5) is 0 Å². The van der Waals surface area contributed by atoms with Crippen LogP contribution in [-0.2, 0) is 7.05 Å². The van der Waals surface area contributed by atoms with Gasteiger partial charge in [0, 0.05) is 7.05 Å². The largest absolute Gasteiger partial charge is 0.490 e. The van der Waals surface area contributed by atoms with Gasteiger partial charge in [-0.15, -0.1) is 0 Å². The zero-order valence-electron chi connectivity index (χ0n) is 9.62. The molecule has 1 aliphatic carbocycles. The Morgan fingerprint density at radius 1 is 1.33 bits per heavy atom. The van der Waals surface area contributed by atoms with Gasteiger partial charge >= 0.3 is 5.56 Å². The Bertz CT molecular complexity index is 411. The summed E-state index contributed by atoms with van der Waals surface area (Å²) in [6, 6.07) is 0.366. The molecule has 15 heavy (non-hydrogen) atoms. The minimum absolute atomic E-state index is 0.0180. The van der Waals surface area contributed by atoms with Crippen molar-refractivity contribution in [2.24, 2.45) is 7.05 Å². The Morgan fingerprint density at radius 2 is 1.93 bits per heavy atom. The fraction of sp³-hybridized carbons (Fsp3) is 0.727. The van der Waals surface area contributed by atoms with Crippen molar-refractivity contribution in [1.82, 2.24) is 9.36 Å². The van der Waals surface area contributed by atoms with Gasteiger partial charge in [-0.25, -0.2) is 4.68 Å². The average Bonchev–Trinajstić information content (AvgIpc) is 2.77. The molecule has 4 heteroatoms. The van der Waals surface area contributed by atoms with Crippen LogP contribution in [0.1, 0.15) is 37.4 Å². The van der Waals surface area contributed by atoms with Gasteiger partial charge in [-0.3, -0.25) is 9.48 Å². The van der Waals surface area contributed by atoms with E-state index in [0.29, 0.717) is 11.8 Å². The van der Waals surface area contributed by atoms with Gasteiger partial charge in [0.25, 0.3) is 0 Å². The smallest absolute Gasteiger partial charge is 0.309 e. The summed E-state index contributed by atoms with van der Waals surface area (Å²) in [5.41, 5.74) is 0.929. The molecule has 0 unspecified atom stereocenters. The third-order valence-corrected chi connectivity index (χ3v) is 3.41. The van der Waals surface area contributed by atoms with Crippen LogP contribution < -0.4 is 10.3 Å². The molecule has 0 spiro atoms. The van der Waals surface area contributed by atoms with Crippen LogP contribution in [-0.4, -0.2) is 16.5 Å². The van der Waals surface area contributed by atoms with Crippen molar-refractivity contribution in [2.45, 2.75) is 38.6 Å². The van der Waals surface area contributed by atoms with Crippen molar-refractivity contribution in [1.29, 1.82) is 0 Å². The van der Waals surface area contributed by atoms with E-state index in [4.69, 9.17) is 4.74 Å². The maximum atomic E-state index is 12.0. The SMILES string of the molecule is COc1c(C)n(C)n(C2CCCC2)c1=O. The fourth-order valence-corrected chi connectivity index (χ4v) is 2.50. The van der Waals surface area contributed by atoms with Crippen molar-refractivity contribution in [3.05, 3.63) is 16.0 Å². The van der Waals surface area contributed by atoms with Crippen LogP contribution in [0.25, 0.3) is 0 Å². The molecule has 0 radical (unpaired) electrons. The molecule has 4 nitrogen and oxygen atoms in total. The van der Waals surface area contributed by atoms with Crippen LogP contribution in [0.2, 0.25) is 0 Å². The molecule has 0 saturated heterocycles. The Kier molecular flexibility index (Phi) is 2.59. The summed E-state index contributed by atoms with van der Waals surface area (Å²) in [6.07, 6.45) is 4.67. The summed E-state index contributed by atoms with van der Waals surface area (Å²) >= 11 is 0. The number of hydrogen-bond acceptors (Lipinski definition) is 2. The van der Waals surface area contributed by atoms with Gasteiger partial charge in [0.1, 0.15) is 0 Å². The first-order chi connectivity index (χ1) is 7.16. The zero-order valence-corrected chi connectivity index (χ0v) is 9.62. The lowest BCUT2D eigenvalue weighted by atomic mass is 10.3. The molecule has 1 aromatic rings. The topological polar surface area (TPSA) is 36.2 Å². The van der Waals surface area contributed by atoms with Crippen molar-refractivity contribution in [2.75, 3.05) is 7.11 Å². The lowest BCUT2D eigenvalue weighted by molar-refractivity contribution is 0.384. The average molecular weight is 210 g/mol. The summed E-state index contributed by atoms with van der Waals surface area (Å²) in [4.78, 5) is 12.0. The van der Waals surface area contributed by atoms with Crippen molar-refractivity contribution in [3.8, 4) is 5.75 Å². The Morgan fingerprint density at radius 3 is 2.40 bits per heavy atom. The lowest BCUT2D eigenvalue weighted by Gasteiger charge is -2.14. The van der Waals surface area contributed by atoms with Crippen LogP contribution in [0.15, 0.2) is 4.79 Å². The summed E-state index contributed by atoms with van der Waals surface area (Å²) in [7, 11) is 3.49. The molecular weight excluding hydrogens is 192 g/mol. The molecule has 0 aromatic carbocycles. The number of hydrogen-bond donors (Lipinski definition) is 0. The van der Waals surface area contributed by atoms with Gasteiger partial charge in [0.2, 0.25) is 5.75 Å². The molecule has 0 aliphatic heterocycles. The van der Waals surface area contributed by atoms with Gasteiger partial charge in [-0.2, -0.15) is 0 Å². The van der Waals surface area contributed by atoms with Crippen LogP contribution in [0.5, 0.6) is 5.75 Å². The highest BCUT2D eigenvalue weighted by atomic mass is 16.5. The summed E-state index contributed by atoms with van der Waals surface area (Å²) in [5, 5.41) is 0. The van der Waals surface area contributed by atoms with E-state index in [1.807, 2.05) is 23.3 Å². The van der Waals surface area contributed by atoms with E-state index in [2.05, 4.69) is 0 Å². The predicted octanol–water partition coefficient (Wildman–Crippen LogP) is 1.62. The normalized spacial score (nSPS) is 17.3. The first kappa shape index (κ1) is 10.3. The number of methoxy groups -OCH3 is 1. The third-order valence-electron chi connectivity index (χ3n) is 3.41. The summed E-state index contributed by atoms with van der Waals surface area (Å²) in [5.74, 6) is 0.490. The fourth-order valence-electron chi connectivity index (χ4n) is 2.50. The maximum Gasteiger partial charge on any atom is 0.309 e. The Labute approximate surface area is 89.4 Å². The highest BCUT2D eigenvalue weighted by Crippen LogP contribution is 2.29. The molecule has 0 N–H and O–H groups in total. The second kappa shape index (κ2) is 3.76. The molecule has 1 heterocycles. The maximum absolute atomic E-state index is 12.0. The molecule has 0 atom stereocenters. The second-order valence-electron chi connectivity index (χ2n) is 4.23. The van der Waals surface area contributed by atoms with Crippen molar-refractivity contribution >= 4 is 0 Å². The first-order valence-corrected chi connectivity index (χ1v) is 5.49. The lowest BCUT2D eigenvalue weighted by Crippen LogP contribution is -2.25. The quantitative estimate of drug-likeness (QED) is 0.743.